The van der Waals surface area contributed by atoms with E-state index in [0.717, 1.165) is 24.0 Å². The maximum atomic E-state index is 13.6. The first kappa shape index (κ1) is 23.6. The monoisotopic (exact) mass is 484 g/mol. The third-order valence-corrected chi connectivity index (χ3v) is 6.23. The van der Waals surface area contributed by atoms with Crippen LogP contribution in [-0.2, 0) is 20.1 Å². The molecule has 1 aromatic carbocycles. The van der Waals surface area contributed by atoms with Crippen LogP contribution in [0, 0.1) is 11.8 Å². The number of halogens is 1. The largest absolute Gasteiger partial charge is 0.478 e. The van der Waals surface area contributed by atoms with Crippen molar-refractivity contribution in [1.82, 2.24) is 18.7 Å². The molecule has 4 rings (SSSR count). The SMILES string of the molecule is CC#CCn1c(N2CCC[C@@H](N)C2)nc2c1c(=O)n(Cc1ccc(Cl)cc1C(=O)O)c(=O)n2C. The molecule has 2 aromatic heterocycles. The number of carbonyl (C=O) groups is 1. The molecular weight excluding hydrogens is 460 g/mol. The van der Waals surface area contributed by atoms with Crippen molar-refractivity contribution in [2.45, 2.75) is 38.9 Å². The fourth-order valence-corrected chi connectivity index (χ4v) is 4.47. The van der Waals surface area contributed by atoms with Gasteiger partial charge in [-0.25, -0.2) is 9.59 Å². The van der Waals surface area contributed by atoms with Gasteiger partial charge >= 0.3 is 11.7 Å². The minimum Gasteiger partial charge on any atom is -0.478 e. The van der Waals surface area contributed by atoms with E-state index < -0.39 is 17.2 Å². The molecule has 10 nitrogen and oxygen atoms in total. The van der Waals surface area contributed by atoms with Crippen molar-refractivity contribution < 1.29 is 9.90 Å². The quantitative estimate of drug-likeness (QED) is 0.521. The number of anilines is 1. The Bertz CT molecular complexity index is 1460. The Labute approximate surface area is 200 Å². The summed E-state index contributed by atoms with van der Waals surface area (Å²) in [6, 6.07) is 4.31. The summed E-state index contributed by atoms with van der Waals surface area (Å²) in [4.78, 5) is 45.2. The van der Waals surface area contributed by atoms with Crippen molar-refractivity contribution in [1.29, 1.82) is 0 Å². The number of aromatic nitrogens is 4. The Morgan fingerprint density at radius 1 is 1.32 bits per heavy atom. The van der Waals surface area contributed by atoms with Gasteiger partial charge in [0.05, 0.1) is 18.7 Å². The molecule has 1 aliphatic heterocycles. The lowest BCUT2D eigenvalue weighted by atomic mass is 10.1. The first-order valence-electron chi connectivity index (χ1n) is 10.8. The molecule has 0 aliphatic carbocycles. The van der Waals surface area contributed by atoms with Gasteiger partial charge in [0.2, 0.25) is 5.95 Å². The van der Waals surface area contributed by atoms with Crippen molar-refractivity contribution in [3.63, 3.8) is 0 Å². The zero-order valence-corrected chi connectivity index (χ0v) is 19.7. The molecule has 0 saturated carbocycles. The zero-order chi connectivity index (χ0) is 24.6. The van der Waals surface area contributed by atoms with Crippen molar-refractivity contribution in [2.24, 2.45) is 12.8 Å². The van der Waals surface area contributed by atoms with E-state index in [9.17, 15) is 19.5 Å². The summed E-state index contributed by atoms with van der Waals surface area (Å²) in [5.41, 5.74) is 5.68. The van der Waals surface area contributed by atoms with Crippen LogP contribution in [0.1, 0.15) is 35.7 Å². The average Bonchev–Trinajstić information content (AvgIpc) is 3.19. The summed E-state index contributed by atoms with van der Waals surface area (Å²) in [6.07, 6.45) is 1.80. The number of imidazole rings is 1. The van der Waals surface area contributed by atoms with Crippen LogP contribution in [0.2, 0.25) is 5.02 Å². The summed E-state index contributed by atoms with van der Waals surface area (Å²) in [7, 11) is 1.54. The van der Waals surface area contributed by atoms with Gasteiger partial charge in [0, 0.05) is 31.2 Å². The molecule has 0 bridgehead atoms. The molecule has 0 unspecified atom stereocenters. The number of carboxylic acid groups (broad SMARTS) is 1. The predicted molar refractivity (Wildman–Crippen MR) is 130 cm³/mol. The van der Waals surface area contributed by atoms with Gasteiger partial charge in [-0.2, -0.15) is 4.98 Å². The number of benzene rings is 1. The van der Waals surface area contributed by atoms with E-state index in [2.05, 4.69) is 16.8 Å². The molecule has 34 heavy (non-hydrogen) atoms. The summed E-state index contributed by atoms with van der Waals surface area (Å²) < 4.78 is 4.03. The number of fused-ring (bicyclic) bond motifs is 1. The third kappa shape index (κ3) is 4.20. The van der Waals surface area contributed by atoms with Gasteiger partial charge in [-0.15, -0.1) is 5.92 Å². The van der Waals surface area contributed by atoms with E-state index in [1.807, 2.05) is 4.90 Å². The number of hydrogen-bond acceptors (Lipinski definition) is 6. The van der Waals surface area contributed by atoms with Crippen molar-refractivity contribution in [2.75, 3.05) is 18.0 Å². The van der Waals surface area contributed by atoms with Crippen LogP contribution in [0.15, 0.2) is 27.8 Å². The molecule has 0 amide bonds. The lowest BCUT2D eigenvalue weighted by Crippen LogP contribution is -2.44. The molecule has 3 aromatic rings. The van der Waals surface area contributed by atoms with Gasteiger partial charge in [0.25, 0.3) is 5.56 Å². The fraction of sp³-hybridized carbons (Fsp3) is 0.391. The van der Waals surface area contributed by atoms with E-state index in [-0.39, 0.29) is 46.4 Å². The standard InChI is InChI=1S/C23H25ClN6O4/c1-3-4-10-29-18-19(26-22(29)28-9-5-6-16(25)13-28)27(2)23(34)30(20(18)31)12-14-7-8-15(24)11-17(14)21(32)33/h7-8,11,16H,5-6,9-10,12-13,25H2,1-2H3,(H,32,33)/t16-/m1/s1. The maximum absolute atomic E-state index is 13.6. The summed E-state index contributed by atoms with van der Waals surface area (Å²) in [6.45, 7) is 3.00. The molecule has 1 atom stereocenters. The van der Waals surface area contributed by atoms with Gasteiger partial charge in [-0.1, -0.05) is 23.6 Å². The van der Waals surface area contributed by atoms with Crippen molar-refractivity contribution in [3.8, 4) is 11.8 Å². The predicted octanol–water partition coefficient (Wildman–Crippen LogP) is 1.25. The molecule has 0 spiro atoms. The van der Waals surface area contributed by atoms with Gasteiger partial charge in [0.1, 0.15) is 0 Å². The number of piperidine rings is 1. The zero-order valence-electron chi connectivity index (χ0n) is 18.9. The third-order valence-electron chi connectivity index (χ3n) is 6.00. The van der Waals surface area contributed by atoms with Crippen LogP contribution >= 0.6 is 11.6 Å². The van der Waals surface area contributed by atoms with E-state index in [0.29, 0.717) is 12.5 Å². The van der Waals surface area contributed by atoms with Gasteiger partial charge in [-0.3, -0.25) is 18.5 Å². The van der Waals surface area contributed by atoms with Crippen LogP contribution in [-0.4, -0.2) is 48.9 Å². The van der Waals surface area contributed by atoms with Crippen LogP contribution in [0.4, 0.5) is 5.95 Å². The highest BCUT2D eigenvalue weighted by Gasteiger charge is 2.26. The molecule has 3 N–H and O–H groups in total. The van der Waals surface area contributed by atoms with Crippen LogP contribution in [0.3, 0.4) is 0 Å². The summed E-state index contributed by atoms with van der Waals surface area (Å²) in [5, 5.41) is 9.82. The van der Waals surface area contributed by atoms with E-state index >= 15 is 0 Å². The number of rotatable bonds is 5. The van der Waals surface area contributed by atoms with Gasteiger partial charge in [-0.05, 0) is 37.5 Å². The number of carboxylic acids is 1. The molecule has 3 heterocycles. The van der Waals surface area contributed by atoms with Crippen molar-refractivity contribution >= 4 is 34.7 Å². The Balaban J connectivity index is 1.94. The molecule has 0 radical (unpaired) electrons. The number of nitrogens with zero attached hydrogens (tertiary/aromatic N) is 5. The highest BCUT2D eigenvalue weighted by Crippen LogP contribution is 2.23. The Kier molecular flexibility index (Phi) is 6.50. The lowest BCUT2D eigenvalue weighted by molar-refractivity contribution is 0.0695. The van der Waals surface area contributed by atoms with E-state index in [4.69, 9.17) is 17.3 Å². The second-order valence-corrected chi connectivity index (χ2v) is 8.72. The Morgan fingerprint density at radius 3 is 2.76 bits per heavy atom. The minimum absolute atomic E-state index is 0.0147. The number of nitrogens with two attached hydrogens (primary N) is 1. The average molecular weight is 485 g/mol. The van der Waals surface area contributed by atoms with Crippen LogP contribution in [0.25, 0.3) is 11.2 Å². The van der Waals surface area contributed by atoms with E-state index in [1.165, 1.54) is 29.8 Å². The van der Waals surface area contributed by atoms with E-state index in [1.54, 1.807) is 11.5 Å². The highest BCUT2D eigenvalue weighted by atomic mass is 35.5. The molecule has 1 fully saturated rings. The van der Waals surface area contributed by atoms with Crippen molar-refractivity contribution in [3.05, 3.63) is 55.2 Å². The summed E-state index contributed by atoms with van der Waals surface area (Å²) >= 11 is 5.95. The molecule has 178 valence electrons. The normalized spacial score (nSPS) is 15.9. The topological polar surface area (TPSA) is 128 Å². The first-order valence-corrected chi connectivity index (χ1v) is 11.2. The smallest absolute Gasteiger partial charge is 0.336 e. The second-order valence-electron chi connectivity index (χ2n) is 8.28. The molecular formula is C23H25ClN6O4. The molecule has 1 aliphatic rings. The first-order chi connectivity index (χ1) is 16.2. The molecule has 1 saturated heterocycles. The van der Waals surface area contributed by atoms with Crippen LogP contribution < -0.4 is 21.9 Å². The number of aryl methyl sites for hydroxylation is 1. The summed E-state index contributed by atoms with van der Waals surface area (Å²) in [5.74, 6) is 5.16. The number of aromatic carboxylic acids is 1. The Hall–Kier alpha value is -3.55. The maximum Gasteiger partial charge on any atom is 0.336 e. The van der Waals surface area contributed by atoms with Crippen LogP contribution in [0.5, 0.6) is 0 Å². The van der Waals surface area contributed by atoms with Gasteiger partial charge < -0.3 is 15.7 Å². The fourth-order valence-electron chi connectivity index (χ4n) is 4.30. The van der Waals surface area contributed by atoms with Gasteiger partial charge in [0.15, 0.2) is 11.2 Å². The minimum atomic E-state index is -1.20. The second kappa shape index (κ2) is 9.37. The highest BCUT2D eigenvalue weighted by molar-refractivity contribution is 6.31. The number of hydrogen-bond donors (Lipinski definition) is 2. The lowest BCUT2D eigenvalue weighted by Gasteiger charge is -2.31. The molecule has 11 heteroatoms. The Morgan fingerprint density at radius 2 is 2.09 bits per heavy atom.